The first-order valence-corrected chi connectivity index (χ1v) is 9.25. The Morgan fingerprint density at radius 3 is 2.58 bits per heavy atom. The molecular formula is C20H19BrN2O3. The molecule has 6 heteroatoms. The van der Waals surface area contributed by atoms with Gasteiger partial charge in [0, 0.05) is 23.9 Å². The minimum atomic E-state index is -0.875. The lowest BCUT2D eigenvalue weighted by Crippen LogP contribution is -2.51. The van der Waals surface area contributed by atoms with Crippen LogP contribution < -0.4 is 10.1 Å². The van der Waals surface area contributed by atoms with Gasteiger partial charge in [-0.3, -0.25) is 10.1 Å². The smallest absolute Gasteiger partial charge is 0.324 e. The van der Waals surface area contributed by atoms with Crippen molar-refractivity contribution >= 4 is 27.9 Å². The molecule has 4 rings (SSSR count). The third-order valence-corrected chi connectivity index (χ3v) is 6.13. The van der Waals surface area contributed by atoms with Crippen LogP contribution in [0.25, 0.3) is 0 Å². The lowest BCUT2D eigenvalue weighted by molar-refractivity contribution is -0.126. The molecule has 2 atom stereocenters. The molecule has 2 aliphatic rings. The fourth-order valence-corrected chi connectivity index (χ4v) is 4.64. The first-order chi connectivity index (χ1) is 12.5. The SMILES string of the molecule is COc1ccc(C[C@@H]2c3ccc(Br)cc3CC23C(=O)NC(=O)N3C)cc1. The predicted molar refractivity (Wildman–Crippen MR) is 101 cm³/mol. The zero-order valence-electron chi connectivity index (χ0n) is 14.6. The van der Waals surface area contributed by atoms with Crippen LogP contribution in [0.1, 0.15) is 22.6 Å². The van der Waals surface area contributed by atoms with Crippen molar-refractivity contribution in [2.45, 2.75) is 24.3 Å². The molecule has 5 nitrogen and oxygen atoms in total. The van der Waals surface area contributed by atoms with E-state index in [9.17, 15) is 9.59 Å². The molecule has 2 aromatic rings. The number of likely N-dealkylation sites (N-methyl/N-ethyl adjacent to an activating group) is 1. The van der Waals surface area contributed by atoms with E-state index in [0.717, 1.165) is 26.9 Å². The standard InChI is InChI=1S/C20H19BrN2O3/c1-23-19(25)22-18(24)20(23)11-13-10-14(21)5-8-16(13)17(20)9-12-3-6-15(26-2)7-4-12/h3-8,10,17H,9,11H2,1-2H3,(H,22,24,25)/t17-,20?/m1/s1. The third kappa shape index (κ3) is 2.43. The van der Waals surface area contributed by atoms with Crippen molar-refractivity contribution in [3.05, 3.63) is 63.6 Å². The van der Waals surface area contributed by atoms with Gasteiger partial charge in [-0.1, -0.05) is 34.1 Å². The topological polar surface area (TPSA) is 58.6 Å². The first-order valence-electron chi connectivity index (χ1n) is 8.46. The van der Waals surface area contributed by atoms with Gasteiger partial charge in [0.1, 0.15) is 11.3 Å². The van der Waals surface area contributed by atoms with Gasteiger partial charge < -0.3 is 9.64 Å². The Labute approximate surface area is 160 Å². The highest BCUT2D eigenvalue weighted by Gasteiger charge is 2.59. The van der Waals surface area contributed by atoms with E-state index < -0.39 is 5.54 Å². The number of rotatable bonds is 3. The van der Waals surface area contributed by atoms with Crippen LogP contribution in [0.4, 0.5) is 4.79 Å². The highest BCUT2D eigenvalue weighted by atomic mass is 79.9. The molecule has 1 aliphatic carbocycles. The fraction of sp³-hybridized carbons (Fsp3) is 0.300. The third-order valence-electron chi connectivity index (χ3n) is 5.63. The summed E-state index contributed by atoms with van der Waals surface area (Å²) in [5.74, 6) is 0.483. The second-order valence-electron chi connectivity index (χ2n) is 6.87. The average molecular weight is 415 g/mol. The normalized spacial score (nSPS) is 24.1. The predicted octanol–water partition coefficient (Wildman–Crippen LogP) is 3.26. The number of imide groups is 1. The van der Waals surface area contributed by atoms with E-state index in [-0.39, 0.29) is 17.9 Å². The number of fused-ring (bicyclic) bond motifs is 1. The van der Waals surface area contributed by atoms with Crippen LogP contribution in [0.15, 0.2) is 46.9 Å². The monoisotopic (exact) mass is 414 g/mol. The van der Waals surface area contributed by atoms with Gasteiger partial charge in [-0.2, -0.15) is 0 Å². The van der Waals surface area contributed by atoms with Crippen LogP contribution in [-0.4, -0.2) is 36.5 Å². The van der Waals surface area contributed by atoms with E-state index in [4.69, 9.17) is 4.74 Å². The summed E-state index contributed by atoms with van der Waals surface area (Å²) in [4.78, 5) is 26.7. The number of methoxy groups -OCH3 is 1. The maximum Gasteiger partial charge on any atom is 0.324 e. The Morgan fingerprint density at radius 1 is 1.23 bits per heavy atom. The molecule has 0 bridgehead atoms. The Morgan fingerprint density at radius 2 is 1.96 bits per heavy atom. The molecule has 1 fully saturated rings. The summed E-state index contributed by atoms with van der Waals surface area (Å²) in [5, 5.41) is 2.50. The lowest BCUT2D eigenvalue weighted by Gasteiger charge is -2.35. The van der Waals surface area contributed by atoms with Crippen LogP contribution in [0, 0.1) is 0 Å². The first kappa shape index (κ1) is 17.1. The van der Waals surface area contributed by atoms with Gasteiger partial charge in [-0.05, 0) is 47.4 Å². The largest absolute Gasteiger partial charge is 0.497 e. The highest BCUT2D eigenvalue weighted by Crippen LogP contribution is 2.48. The van der Waals surface area contributed by atoms with Crippen molar-refractivity contribution in [1.29, 1.82) is 0 Å². The van der Waals surface area contributed by atoms with Gasteiger partial charge in [0.25, 0.3) is 5.91 Å². The number of carbonyl (C=O) groups excluding carboxylic acids is 2. The molecular weight excluding hydrogens is 396 g/mol. The molecule has 1 saturated heterocycles. The van der Waals surface area contributed by atoms with E-state index in [0.29, 0.717) is 12.8 Å². The molecule has 26 heavy (non-hydrogen) atoms. The molecule has 3 amide bonds. The van der Waals surface area contributed by atoms with Gasteiger partial charge in [-0.15, -0.1) is 0 Å². The van der Waals surface area contributed by atoms with Gasteiger partial charge in [0.05, 0.1) is 7.11 Å². The number of benzene rings is 2. The minimum absolute atomic E-state index is 0.101. The van der Waals surface area contributed by atoms with E-state index >= 15 is 0 Å². The van der Waals surface area contributed by atoms with Gasteiger partial charge in [0.15, 0.2) is 0 Å². The van der Waals surface area contributed by atoms with Crippen molar-refractivity contribution in [2.24, 2.45) is 0 Å². The molecule has 0 aromatic heterocycles. The summed E-state index contributed by atoms with van der Waals surface area (Å²) in [6.45, 7) is 0. The van der Waals surface area contributed by atoms with Crippen molar-refractivity contribution in [3.8, 4) is 5.75 Å². The molecule has 134 valence electrons. The van der Waals surface area contributed by atoms with Crippen LogP contribution in [-0.2, 0) is 17.6 Å². The number of nitrogens with one attached hydrogen (secondary N) is 1. The molecule has 1 heterocycles. The van der Waals surface area contributed by atoms with Crippen LogP contribution >= 0.6 is 15.9 Å². The second kappa shape index (κ2) is 6.13. The number of nitrogens with zero attached hydrogens (tertiary/aromatic N) is 1. The molecule has 1 N–H and O–H groups in total. The van der Waals surface area contributed by atoms with Crippen LogP contribution in [0.3, 0.4) is 0 Å². The zero-order chi connectivity index (χ0) is 18.5. The fourth-order valence-electron chi connectivity index (χ4n) is 4.23. The Kier molecular flexibility index (Phi) is 4.03. The van der Waals surface area contributed by atoms with Gasteiger partial charge >= 0.3 is 6.03 Å². The van der Waals surface area contributed by atoms with Crippen molar-refractivity contribution in [2.75, 3.05) is 14.2 Å². The molecule has 0 radical (unpaired) electrons. The highest BCUT2D eigenvalue weighted by molar-refractivity contribution is 9.10. The van der Waals surface area contributed by atoms with E-state index in [1.165, 1.54) is 0 Å². The van der Waals surface area contributed by atoms with Crippen LogP contribution in [0.2, 0.25) is 0 Å². The number of halogens is 1. The Hall–Kier alpha value is -2.34. The van der Waals surface area contributed by atoms with Gasteiger partial charge in [0.2, 0.25) is 0 Å². The molecule has 2 aromatic carbocycles. The molecule has 1 unspecified atom stereocenters. The minimum Gasteiger partial charge on any atom is -0.497 e. The number of amides is 3. The van der Waals surface area contributed by atoms with E-state index in [2.05, 4.69) is 33.4 Å². The summed E-state index contributed by atoms with van der Waals surface area (Å²) in [5.41, 5.74) is 2.46. The maximum absolute atomic E-state index is 12.9. The lowest BCUT2D eigenvalue weighted by atomic mass is 9.79. The molecule has 0 saturated carbocycles. The second-order valence-corrected chi connectivity index (χ2v) is 7.78. The Bertz CT molecular complexity index is 896. The summed E-state index contributed by atoms with van der Waals surface area (Å²) in [6.07, 6.45) is 1.19. The van der Waals surface area contributed by atoms with E-state index in [1.54, 1.807) is 19.1 Å². The molecule has 1 aliphatic heterocycles. The molecule has 1 spiro atoms. The van der Waals surface area contributed by atoms with Gasteiger partial charge in [-0.25, -0.2) is 4.79 Å². The number of ether oxygens (including phenoxy) is 1. The van der Waals surface area contributed by atoms with Crippen LogP contribution in [0.5, 0.6) is 5.75 Å². The maximum atomic E-state index is 12.9. The summed E-state index contributed by atoms with van der Waals surface area (Å²) >= 11 is 3.51. The summed E-state index contributed by atoms with van der Waals surface area (Å²) in [6, 6.07) is 13.6. The number of carbonyl (C=O) groups is 2. The van der Waals surface area contributed by atoms with Crippen molar-refractivity contribution < 1.29 is 14.3 Å². The van der Waals surface area contributed by atoms with Crippen molar-refractivity contribution in [1.82, 2.24) is 10.2 Å². The average Bonchev–Trinajstić information content (AvgIpc) is 3.06. The summed E-state index contributed by atoms with van der Waals surface area (Å²) < 4.78 is 6.20. The number of hydrogen-bond acceptors (Lipinski definition) is 3. The number of urea groups is 1. The quantitative estimate of drug-likeness (QED) is 0.784. The number of hydrogen-bond donors (Lipinski definition) is 1. The summed E-state index contributed by atoms with van der Waals surface area (Å²) in [7, 11) is 3.35. The Balaban J connectivity index is 1.79. The van der Waals surface area contributed by atoms with E-state index in [1.807, 2.05) is 30.3 Å². The van der Waals surface area contributed by atoms with Crippen molar-refractivity contribution in [3.63, 3.8) is 0 Å². The zero-order valence-corrected chi connectivity index (χ0v) is 16.2.